The van der Waals surface area contributed by atoms with Gasteiger partial charge in [-0.3, -0.25) is 4.79 Å². The number of hydrogen-bond donors (Lipinski definition) is 0. The Morgan fingerprint density at radius 3 is 2.80 bits per heavy atom. The van der Waals surface area contributed by atoms with Gasteiger partial charge in [-0.05, 0) is 6.42 Å². The Morgan fingerprint density at radius 2 is 2.50 bits per heavy atom. The molecular weight excluding hydrogens is 128 g/mol. The van der Waals surface area contributed by atoms with Gasteiger partial charge in [0.15, 0.2) is 5.78 Å². The minimum absolute atomic E-state index is 0.190. The van der Waals surface area contributed by atoms with E-state index in [0.717, 1.165) is 18.6 Å². The number of carbonyl (C=O) groups is 1. The number of methoxy groups -OCH3 is 1. The minimum Gasteiger partial charge on any atom is -0.501 e. The molecule has 10 heavy (non-hydrogen) atoms. The van der Waals surface area contributed by atoms with Crippen molar-refractivity contribution in [3.63, 3.8) is 0 Å². The van der Waals surface area contributed by atoms with E-state index in [1.165, 1.54) is 0 Å². The van der Waals surface area contributed by atoms with Crippen molar-refractivity contribution in [3.05, 3.63) is 11.8 Å². The van der Waals surface area contributed by atoms with Crippen molar-refractivity contribution in [2.45, 2.75) is 19.8 Å². The van der Waals surface area contributed by atoms with E-state index in [2.05, 4.69) is 0 Å². The molecule has 0 heterocycles. The Labute approximate surface area is 60.9 Å². The molecule has 2 nitrogen and oxygen atoms in total. The topological polar surface area (TPSA) is 26.3 Å². The van der Waals surface area contributed by atoms with E-state index in [1.807, 2.05) is 6.92 Å². The van der Waals surface area contributed by atoms with Crippen LogP contribution in [-0.2, 0) is 9.53 Å². The van der Waals surface area contributed by atoms with Crippen LogP contribution in [0.3, 0.4) is 0 Å². The molecule has 0 aromatic carbocycles. The van der Waals surface area contributed by atoms with Crippen molar-refractivity contribution in [1.82, 2.24) is 0 Å². The first kappa shape index (κ1) is 7.32. The quantitative estimate of drug-likeness (QED) is 0.581. The average Bonchev–Trinajstić information content (AvgIpc) is 2.30. The first-order valence-corrected chi connectivity index (χ1v) is 3.56. The van der Waals surface area contributed by atoms with Crippen molar-refractivity contribution >= 4 is 5.78 Å². The molecular formula is C8H12O2. The lowest BCUT2D eigenvalue weighted by Crippen LogP contribution is -2.03. The molecule has 0 bridgehead atoms. The van der Waals surface area contributed by atoms with Crippen molar-refractivity contribution in [2.75, 3.05) is 7.11 Å². The Kier molecular flexibility index (Phi) is 2.10. The summed E-state index contributed by atoms with van der Waals surface area (Å²) in [5, 5.41) is 0. The molecule has 1 aliphatic carbocycles. The van der Waals surface area contributed by atoms with Gasteiger partial charge in [-0.15, -0.1) is 0 Å². The molecule has 0 fully saturated rings. The zero-order chi connectivity index (χ0) is 7.56. The van der Waals surface area contributed by atoms with E-state index in [9.17, 15) is 4.79 Å². The maximum absolute atomic E-state index is 11.0. The van der Waals surface area contributed by atoms with Gasteiger partial charge < -0.3 is 4.74 Å². The highest BCUT2D eigenvalue weighted by molar-refractivity contribution is 5.94. The van der Waals surface area contributed by atoms with Crippen LogP contribution in [0.4, 0.5) is 0 Å². The van der Waals surface area contributed by atoms with E-state index in [1.54, 1.807) is 13.2 Å². The maximum atomic E-state index is 11.0. The van der Waals surface area contributed by atoms with Gasteiger partial charge in [-0.2, -0.15) is 0 Å². The van der Waals surface area contributed by atoms with Gasteiger partial charge in [0.25, 0.3) is 0 Å². The van der Waals surface area contributed by atoms with Crippen molar-refractivity contribution in [3.8, 4) is 0 Å². The molecule has 1 aliphatic rings. The summed E-state index contributed by atoms with van der Waals surface area (Å²) >= 11 is 0. The predicted molar refractivity (Wildman–Crippen MR) is 38.5 cm³/mol. The summed E-state index contributed by atoms with van der Waals surface area (Å²) in [4.78, 5) is 11.0. The fourth-order valence-electron chi connectivity index (χ4n) is 1.17. The number of allylic oxidation sites excluding steroid dienone is 2. The molecule has 0 aromatic heterocycles. The molecule has 1 unspecified atom stereocenters. The third-order valence-corrected chi connectivity index (χ3v) is 1.91. The summed E-state index contributed by atoms with van der Waals surface area (Å²) in [6.45, 7) is 2.02. The zero-order valence-electron chi connectivity index (χ0n) is 6.39. The molecule has 1 atom stereocenters. The highest BCUT2D eigenvalue weighted by atomic mass is 16.5. The number of hydrogen-bond acceptors (Lipinski definition) is 2. The smallest absolute Gasteiger partial charge is 0.162 e. The molecule has 0 saturated carbocycles. The lowest BCUT2D eigenvalue weighted by atomic mass is 10.0. The molecule has 0 radical (unpaired) electrons. The summed E-state index contributed by atoms with van der Waals surface area (Å²) < 4.78 is 4.95. The van der Waals surface area contributed by atoms with Gasteiger partial charge in [-0.1, -0.05) is 6.92 Å². The van der Waals surface area contributed by atoms with Crippen LogP contribution >= 0.6 is 0 Å². The van der Waals surface area contributed by atoms with Crippen molar-refractivity contribution in [1.29, 1.82) is 0 Å². The van der Waals surface area contributed by atoms with Crippen LogP contribution in [0.5, 0.6) is 0 Å². The van der Waals surface area contributed by atoms with Crippen molar-refractivity contribution < 1.29 is 9.53 Å². The molecule has 56 valence electrons. The van der Waals surface area contributed by atoms with Gasteiger partial charge >= 0.3 is 0 Å². The Hall–Kier alpha value is -0.790. The van der Waals surface area contributed by atoms with Gasteiger partial charge in [0, 0.05) is 18.4 Å². The third-order valence-electron chi connectivity index (χ3n) is 1.91. The van der Waals surface area contributed by atoms with Crippen LogP contribution in [0.2, 0.25) is 0 Å². The summed E-state index contributed by atoms with van der Waals surface area (Å²) in [5.41, 5.74) is 0. The normalized spacial score (nSPS) is 24.8. The molecule has 0 aromatic rings. The molecule has 1 rings (SSSR count). The summed E-state index contributed by atoms with van der Waals surface area (Å²) in [5.74, 6) is 1.24. The predicted octanol–water partition coefficient (Wildman–Crippen LogP) is 1.52. The van der Waals surface area contributed by atoms with Gasteiger partial charge in [-0.25, -0.2) is 0 Å². The van der Waals surface area contributed by atoms with Crippen LogP contribution in [0.15, 0.2) is 11.8 Å². The number of ether oxygens (including phenoxy) is 1. The standard InChI is InChI=1S/C8H12O2/c1-3-6-4-7(10-2)5-8(6)9/h5-6H,3-4H2,1-2H3. The Morgan fingerprint density at radius 1 is 1.80 bits per heavy atom. The number of rotatable bonds is 2. The second-order valence-electron chi connectivity index (χ2n) is 2.53. The van der Waals surface area contributed by atoms with Crippen LogP contribution in [0.25, 0.3) is 0 Å². The number of ketones is 1. The second-order valence-corrected chi connectivity index (χ2v) is 2.53. The Bertz CT molecular complexity index is 170. The molecule has 0 N–H and O–H groups in total. The molecule has 2 heteroatoms. The molecule has 0 saturated heterocycles. The highest BCUT2D eigenvalue weighted by Gasteiger charge is 2.23. The number of carbonyl (C=O) groups excluding carboxylic acids is 1. The summed E-state index contributed by atoms with van der Waals surface area (Å²) in [7, 11) is 1.61. The van der Waals surface area contributed by atoms with Crippen molar-refractivity contribution in [2.24, 2.45) is 5.92 Å². The largest absolute Gasteiger partial charge is 0.501 e. The van der Waals surface area contributed by atoms with E-state index < -0.39 is 0 Å². The highest BCUT2D eigenvalue weighted by Crippen LogP contribution is 2.24. The zero-order valence-corrected chi connectivity index (χ0v) is 6.39. The monoisotopic (exact) mass is 140 g/mol. The van der Waals surface area contributed by atoms with E-state index in [4.69, 9.17) is 4.74 Å². The van der Waals surface area contributed by atoms with Crippen LogP contribution in [0, 0.1) is 5.92 Å². The second kappa shape index (κ2) is 2.86. The van der Waals surface area contributed by atoms with Crippen LogP contribution < -0.4 is 0 Å². The first-order chi connectivity index (χ1) is 4.77. The average molecular weight is 140 g/mol. The lowest BCUT2D eigenvalue weighted by molar-refractivity contribution is -0.117. The molecule has 0 spiro atoms. The van der Waals surface area contributed by atoms with E-state index >= 15 is 0 Å². The van der Waals surface area contributed by atoms with E-state index in [0.29, 0.717) is 0 Å². The molecule has 0 aliphatic heterocycles. The van der Waals surface area contributed by atoms with Gasteiger partial charge in [0.1, 0.15) is 0 Å². The summed E-state index contributed by atoms with van der Waals surface area (Å²) in [6.07, 6.45) is 3.32. The van der Waals surface area contributed by atoms with Gasteiger partial charge in [0.05, 0.1) is 12.9 Å². The first-order valence-electron chi connectivity index (χ1n) is 3.56. The lowest BCUT2D eigenvalue weighted by Gasteiger charge is -2.02. The fraction of sp³-hybridized carbons (Fsp3) is 0.625. The molecule has 0 amide bonds. The Balaban J connectivity index is 2.57. The van der Waals surface area contributed by atoms with Crippen LogP contribution in [0.1, 0.15) is 19.8 Å². The fourth-order valence-corrected chi connectivity index (χ4v) is 1.17. The third kappa shape index (κ3) is 1.20. The van der Waals surface area contributed by atoms with E-state index in [-0.39, 0.29) is 11.7 Å². The van der Waals surface area contributed by atoms with Gasteiger partial charge in [0.2, 0.25) is 0 Å². The summed E-state index contributed by atoms with van der Waals surface area (Å²) in [6, 6.07) is 0. The SMILES string of the molecule is CCC1CC(OC)=CC1=O. The minimum atomic E-state index is 0.190. The van der Waals surface area contributed by atoms with Crippen LogP contribution in [-0.4, -0.2) is 12.9 Å². The maximum Gasteiger partial charge on any atom is 0.162 e.